The number of hydrogen-bond donors (Lipinski definition) is 0. The number of benzene rings is 1. The van der Waals surface area contributed by atoms with Crippen molar-refractivity contribution in [3.05, 3.63) is 35.6 Å². The number of amides is 1. The number of rotatable bonds is 2. The summed E-state index contributed by atoms with van der Waals surface area (Å²) < 4.78 is 12.7. The Morgan fingerprint density at radius 2 is 2.00 bits per heavy atom. The number of hydrogen-bond acceptors (Lipinski definition) is 1. The first kappa shape index (κ1) is 10.1. The van der Waals surface area contributed by atoms with Gasteiger partial charge in [-0.25, -0.2) is 4.39 Å². The molecule has 15 heavy (non-hydrogen) atoms. The molecular weight excluding hydrogens is 193 g/mol. The summed E-state index contributed by atoms with van der Waals surface area (Å²) in [6, 6.07) is 6.57. The van der Waals surface area contributed by atoms with Crippen molar-refractivity contribution in [2.75, 3.05) is 6.54 Å². The van der Waals surface area contributed by atoms with E-state index in [2.05, 4.69) is 0 Å². The van der Waals surface area contributed by atoms with E-state index in [1.54, 1.807) is 17.0 Å². The number of likely N-dealkylation sites (tertiary alicyclic amines) is 1. The van der Waals surface area contributed by atoms with Gasteiger partial charge in [-0.2, -0.15) is 0 Å². The van der Waals surface area contributed by atoms with Crippen molar-refractivity contribution in [1.29, 1.82) is 0 Å². The van der Waals surface area contributed by atoms with E-state index < -0.39 is 0 Å². The largest absolute Gasteiger partial charge is 0.338 e. The highest BCUT2D eigenvalue weighted by Crippen LogP contribution is 2.29. The fourth-order valence-corrected chi connectivity index (χ4v) is 2.12. The summed E-state index contributed by atoms with van der Waals surface area (Å²) in [6.45, 7) is 0.811. The van der Waals surface area contributed by atoms with Crippen molar-refractivity contribution in [2.45, 2.75) is 25.3 Å². The molecule has 1 aliphatic heterocycles. The highest BCUT2D eigenvalue weighted by Gasteiger charge is 2.22. The van der Waals surface area contributed by atoms with Gasteiger partial charge >= 0.3 is 0 Å². The normalized spacial score (nSPS) is 21.4. The third-order valence-electron chi connectivity index (χ3n) is 2.93. The zero-order valence-electron chi connectivity index (χ0n) is 8.53. The number of carbonyl (C=O) groups is 1. The average Bonchev–Trinajstić information content (AvgIpc) is 2.30. The predicted octanol–water partition coefficient (Wildman–Crippen LogP) is 2.51. The lowest BCUT2D eigenvalue weighted by Crippen LogP contribution is -2.32. The van der Waals surface area contributed by atoms with Crippen LogP contribution >= 0.6 is 0 Å². The van der Waals surface area contributed by atoms with Crippen molar-refractivity contribution >= 4 is 6.41 Å². The first-order valence-corrected chi connectivity index (χ1v) is 5.28. The van der Waals surface area contributed by atoms with Crippen molar-refractivity contribution in [1.82, 2.24) is 4.90 Å². The average molecular weight is 207 g/mol. The van der Waals surface area contributed by atoms with E-state index in [1.807, 2.05) is 0 Å². The smallest absolute Gasteiger partial charge is 0.210 e. The molecule has 0 bridgehead atoms. The Labute approximate surface area is 88.7 Å². The molecule has 2 nitrogen and oxygen atoms in total. The Balaban J connectivity index is 2.20. The predicted molar refractivity (Wildman–Crippen MR) is 55.8 cm³/mol. The summed E-state index contributed by atoms with van der Waals surface area (Å²) in [5.41, 5.74) is 1.03. The van der Waals surface area contributed by atoms with Crippen LogP contribution in [0.15, 0.2) is 24.3 Å². The Morgan fingerprint density at radius 3 is 2.67 bits per heavy atom. The van der Waals surface area contributed by atoms with Crippen LogP contribution in [0, 0.1) is 5.82 Å². The van der Waals surface area contributed by atoms with E-state index in [9.17, 15) is 9.18 Å². The summed E-state index contributed by atoms with van der Waals surface area (Å²) >= 11 is 0. The number of carbonyl (C=O) groups excluding carboxylic acids is 1. The van der Waals surface area contributed by atoms with Gasteiger partial charge in [0.2, 0.25) is 6.41 Å². The van der Waals surface area contributed by atoms with Crippen molar-refractivity contribution in [3.8, 4) is 0 Å². The lowest BCUT2D eigenvalue weighted by atomic mass is 9.96. The molecule has 0 aliphatic carbocycles. The van der Waals surface area contributed by atoms with Crippen LogP contribution in [0.25, 0.3) is 0 Å². The first-order chi connectivity index (χ1) is 7.31. The lowest BCUT2D eigenvalue weighted by molar-refractivity contribution is -0.121. The Hall–Kier alpha value is -1.38. The van der Waals surface area contributed by atoms with E-state index in [-0.39, 0.29) is 11.9 Å². The minimum absolute atomic E-state index is 0.136. The van der Waals surface area contributed by atoms with Crippen LogP contribution in [-0.2, 0) is 4.79 Å². The summed E-state index contributed by atoms with van der Waals surface area (Å²) in [5, 5.41) is 0. The van der Waals surface area contributed by atoms with Gasteiger partial charge in [-0.05, 0) is 37.0 Å². The Kier molecular flexibility index (Phi) is 2.99. The van der Waals surface area contributed by atoms with Crippen LogP contribution in [0.1, 0.15) is 30.9 Å². The monoisotopic (exact) mass is 207 g/mol. The molecule has 0 radical (unpaired) electrons. The second-order valence-electron chi connectivity index (χ2n) is 3.91. The number of halogens is 1. The topological polar surface area (TPSA) is 20.3 Å². The van der Waals surface area contributed by atoms with Gasteiger partial charge in [-0.3, -0.25) is 4.79 Å². The third-order valence-corrected chi connectivity index (χ3v) is 2.93. The van der Waals surface area contributed by atoms with E-state index >= 15 is 0 Å². The fraction of sp³-hybridized carbons (Fsp3) is 0.417. The maximum absolute atomic E-state index is 12.7. The van der Waals surface area contributed by atoms with Crippen LogP contribution in [-0.4, -0.2) is 17.9 Å². The van der Waals surface area contributed by atoms with Crippen LogP contribution in [0.2, 0.25) is 0 Å². The lowest BCUT2D eigenvalue weighted by Gasteiger charge is -2.32. The maximum atomic E-state index is 12.7. The molecule has 0 spiro atoms. The molecule has 3 heteroatoms. The minimum Gasteiger partial charge on any atom is -0.338 e. The molecule has 0 unspecified atom stereocenters. The Bertz CT molecular complexity index is 336. The van der Waals surface area contributed by atoms with Gasteiger partial charge in [0.25, 0.3) is 0 Å². The molecule has 1 amide bonds. The molecule has 2 rings (SSSR count). The van der Waals surface area contributed by atoms with Gasteiger partial charge in [0.15, 0.2) is 0 Å². The summed E-state index contributed by atoms with van der Waals surface area (Å²) in [4.78, 5) is 12.7. The van der Waals surface area contributed by atoms with E-state index in [4.69, 9.17) is 0 Å². The van der Waals surface area contributed by atoms with Crippen LogP contribution < -0.4 is 0 Å². The highest BCUT2D eigenvalue weighted by molar-refractivity contribution is 5.49. The van der Waals surface area contributed by atoms with E-state index in [1.165, 1.54) is 12.1 Å². The van der Waals surface area contributed by atoms with Gasteiger partial charge in [0, 0.05) is 6.54 Å². The molecular formula is C12H14FNO. The maximum Gasteiger partial charge on any atom is 0.210 e. The SMILES string of the molecule is O=CN1CCCC[C@@H]1c1ccc(F)cc1. The zero-order valence-corrected chi connectivity index (χ0v) is 8.53. The molecule has 1 aromatic rings. The summed E-state index contributed by atoms with van der Waals surface area (Å²) in [5.74, 6) is -0.229. The van der Waals surface area contributed by atoms with Crippen LogP contribution in [0.5, 0.6) is 0 Å². The van der Waals surface area contributed by atoms with E-state index in [0.717, 1.165) is 37.8 Å². The fourth-order valence-electron chi connectivity index (χ4n) is 2.12. The zero-order chi connectivity index (χ0) is 10.7. The van der Waals surface area contributed by atoms with Crippen molar-refractivity contribution < 1.29 is 9.18 Å². The molecule has 1 aromatic carbocycles. The molecule has 1 fully saturated rings. The molecule has 0 saturated carbocycles. The quantitative estimate of drug-likeness (QED) is 0.682. The molecule has 80 valence electrons. The Morgan fingerprint density at radius 1 is 1.27 bits per heavy atom. The number of nitrogens with zero attached hydrogens (tertiary/aromatic N) is 1. The molecule has 1 aliphatic rings. The van der Waals surface area contributed by atoms with Gasteiger partial charge in [0.1, 0.15) is 5.82 Å². The van der Waals surface area contributed by atoms with Gasteiger partial charge in [0.05, 0.1) is 6.04 Å². The second kappa shape index (κ2) is 4.43. The summed E-state index contributed by atoms with van der Waals surface area (Å²) in [7, 11) is 0. The number of piperidine rings is 1. The second-order valence-corrected chi connectivity index (χ2v) is 3.91. The molecule has 1 atom stereocenters. The van der Waals surface area contributed by atoms with Gasteiger partial charge in [-0.1, -0.05) is 12.1 Å². The van der Waals surface area contributed by atoms with Gasteiger partial charge < -0.3 is 4.90 Å². The van der Waals surface area contributed by atoms with E-state index in [0.29, 0.717) is 0 Å². The van der Waals surface area contributed by atoms with Crippen molar-refractivity contribution in [3.63, 3.8) is 0 Å². The van der Waals surface area contributed by atoms with Crippen molar-refractivity contribution in [2.24, 2.45) is 0 Å². The molecule has 0 aromatic heterocycles. The van der Waals surface area contributed by atoms with Crippen LogP contribution in [0.3, 0.4) is 0 Å². The molecule has 0 N–H and O–H groups in total. The highest BCUT2D eigenvalue weighted by atomic mass is 19.1. The van der Waals surface area contributed by atoms with Crippen LogP contribution in [0.4, 0.5) is 4.39 Å². The summed E-state index contributed by atoms with van der Waals surface area (Å²) in [6.07, 6.45) is 4.07. The third kappa shape index (κ3) is 2.17. The van der Waals surface area contributed by atoms with Gasteiger partial charge in [-0.15, -0.1) is 0 Å². The first-order valence-electron chi connectivity index (χ1n) is 5.28. The molecule has 1 saturated heterocycles. The molecule has 1 heterocycles. The standard InChI is InChI=1S/C12H14FNO/c13-11-6-4-10(5-7-11)12-3-1-2-8-14(12)9-15/h4-7,9,12H,1-3,8H2/t12-/m1/s1. The minimum atomic E-state index is -0.229.